The Labute approximate surface area is 125 Å². The lowest BCUT2D eigenvalue weighted by Crippen LogP contribution is -2.27. The summed E-state index contributed by atoms with van der Waals surface area (Å²) in [5.41, 5.74) is 0.691. The highest BCUT2D eigenvalue weighted by atomic mass is 19.1. The Morgan fingerprint density at radius 1 is 1.33 bits per heavy atom. The number of carbonyl (C=O) groups excluding carboxylic acids is 1. The highest BCUT2D eigenvalue weighted by molar-refractivity contribution is 5.91. The molecule has 1 saturated heterocycles. The topological polar surface area (TPSA) is 41.6 Å². The van der Waals surface area contributed by atoms with E-state index in [2.05, 4.69) is 5.32 Å². The van der Waals surface area contributed by atoms with Gasteiger partial charge in [0.15, 0.2) is 0 Å². The zero-order chi connectivity index (χ0) is 15.5. The average Bonchev–Trinajstić information content (AvgIpc) is 2.89. The second kappa shape index (κ2) is 6.43. The lowest BCUT2D eigenvalue weighted by molar-refractivity contribution is -0.125. The van der Waals surface area contributed by atoms with E-state index in [4.69, 9.17) is 4.74 Å². The van der Waals surface area contributed by atoms with E-state index in [0.717, 1.165) is 25.9 Å². The van der Waals surface area contributed by atoms with E-state index < -0.39 is 0 Å². The summed E-state index contributed by atoms with van der Waals surface area (Å²) in [6.07, 6.45) is 2.20. The molecule has 1 aliphatic rings. The van der Waals surface area contributed by atoms with Crippen LogP contribution >= 0.6 is 0 Å². The molecule has 116 valence electrons. The van der Waals surface area contributed by atoms with Gasteiger partial charge in [0.25, 0.3) is 0 Å². The molecule has 0 saturated carbocycles. The minimum Gasteiger partial charge on any atom is -0.369 e. The Bertz CT molecular complexity index is 505. The summed E-state index contributed by atoms with van der Waals surface area (Å²) in [6, 6.07) is 4.81. The minimum absolute atomic E-state index is 0.0427. The molecule has 0 spiro atoms. The second-order valence-electron chi connectivity index (χ2n) is 6.31. The van der Waals surface area contributed by atoms with Crippen LogP contribution in [0.2, 0.25) is 0 Å². The van der Waals surface area contributed by atoms with Crippen molar-refractivity contribution in [2.45, 2.75) is 39.2 Å². The summed E-state index contributed by atoms with van der Waals surface area (Å²) >= 11 is 0. The maximum absolute atomic E-state index is 14.1. The van der Waals surface area contributed by atoms with Crippen LogP contribution in [0.5, 0.6) is 0 Å². The van der Waals surface area contributed by atoms with Crippen molar-refractivity contribution in [3.05, 3.63) is 24.0 Å². The maximum atomic E-state index is 14.1. The monoisotopic (exact) mass is 294 g/mol. The van der Waals surface area contributed by atoms with E-state index >= 15 is 0 Å². The fourth-order valence-corrected chi connectivity index (χ4v) is 2.28. The Balaban J connectivity index is 1.95. The normalized spacial score (nSPS) is 15.3. The smallest absolute Gasteiger partial charge is 0.250 e. The van der Waals surface area contributed by atoms with Gasteiger partial charge in [0.2, 0.25) is 5.91 Å². The van der Waals surface area contributed by atoms with Gasteiger partial charge in [-0.3, -0.25) is 4.79 Å². The number of rotatable bonds is 4. The number of benzene rings is 1. The van der Waals surface area contributed by atoms with Gasteiger partial charge in [0, 0.05) is 18.8 Å². The van der Waals surface area contributed by atoms with Crippen molar-refractivity contribution in [3.63, 3.8) is 0 Å². The number of hydrogen-bond donors (Lipinski definition) is 1. The van der Waals surface area contributed by atoms with Crippen molar-refractivity contribution in [2.75, 3.05) is 29.9 Å². The summed E-state index contributed by atoms with van der Waals surface area (Å²) < 4.78 is 19.5. The SMILES string of the molecule is CC(C)(C)OCC(=O)Nc1ccc(N2CCCC2)c(F)c1. The first-order valence-electron chi connectivity index (χ1n) is 7.33. The first-order chi connectivity index (χ1) is 9.85. The molecule has 1 aliphatic heterocycles. The van der Waals surface area contributed by atoms with Crippen molar-refractivity contribution < 1.29 is 13.9 Å². The molecule has 21 heavy (non-hydrogen) atoms. The summed E-state index contributed by atoms with van der Waals surface area (Å²) in [7, 11) is 0. The van der Waals surface area contributed by atoms with Crippen molar-refractivity contribution in [3.8, 4) is 0 Å². The van der Waals surface area contributed by atoms with Gasteiger partial charge >= 0.3 is 0 Å². The van der Waals surface area contributed by atoms with E-state index in [1.807, 2.05) is 25.7 Å². The minimum atomic E-state index is -0.373. The Hall–Kier alpha value is -1.62. The Kier molecular flexibility index (Phi) is 4.83. The molecule has 1 fully saturated rings. The number of hydrogen-bond acceptors (Lipinski definition) is 3. The third kappa shape index (κ3) is 4.70. The number of ether oxygens (including phenoxy) is 1. The van der Waals surface area contributed by atoms with E-state index in [-0.39, 0.29) is 23.9 Å². The molecule has 0 unspecified atom stereocenters. The molecule has 0 aliphatic carbocycles. The van der Waals surface area contributed by atoms with Crippen LogP contribution in [-0.4, -0.2) is 31.2 Å². The molecule has 1 aromatic carbocycles. The number of anilines is 2. The van der Waals surface area contributed by atoms with Crippen molar-refractivity contribution in [2.24, 2.45) is 0 Å². The number of carbonyl (C=O) groups is 1. The highest BCUT2D eigenvalue weighted by Gasteiger charge is 2.17. The van der Waals surface area contributed by atoms with E-state index in [1.165, 1.54) is 6.07 Å². The molecular weight excluding hydrogens is 271 g/mol. The van der Waals surface area contributed by atoms with Gasteiger partial charge in [0.1, 0.15) is 12.4 Å². The molecule has 1 amide bonds. The van der Waals surface area contributed by atoms with Gasteiger partial charge in [-0.05, 0) is 51.8 Å². The van der Waals surface area contributed by atoms with Crippen LogP contribution < -0.4 is 10.2 Å². The Morgan fingerprint density at radius 2 is 2.00 bits per heavy atom. The Morgan fingerprint density at radius 3 is 2.57 bits per heavy atom. The number of halogens is 1. The van der Waals surface area contributed by atoms with Crippen LogP contribution in [0.25, 0.3) is 0 Å². The summed E-state index contributed by atoms with van der Waals surface area (Å²) in [4.78, 5) is 13.8. The molecule has 0 aromatic heterocycles. The summed E-state index contributed by atoms with van der Waals surface area (Å²) in [5, 5.41) is 2.65. The maximum Gasteiger partial charge on any atom is 0.250 e. The first kappa shape index (κ1) is 15.8. The van der Waals surface area contributed by atoms with Gasteiger partial charge in [0.05, 0.1) is 11.3 Å². The lowest BCUT2D eigenvalue weighted by atomic mass is 10.2. The molecule has 5 heteroatoms. The van der Waals surface area contributed by atoms with Gasteiger partial charge in [-0.15, -0.1) is 0 Å². The van der Waals surface area contributed by atoms with Gasteiger partial charge in [-0.25, -0.2) is 4.39 Å². The average molecular weight is 294 g/mol. The molecule has 1 heterocycles. The molecule has 2 rings (SSSR count). The van der Waals surface area contributed by atoms with Crippen molar-refractivity contribution in [1.82, 2.24) is 0 Å². The molecule has 0 atom stereocenters. The largest absolute Gasteiger partial charge is 0.369 e. The molecule has 4 nitrogen and oxygen atoms in total. The van der Waals surface area contributed by atoms with Crippen LogP contribution in [0, 0.1) is 5.82 Å². The molecular formula is C16H23FN2O2. The highest BCUT2D eigenvalue weighted by Crippen LogP contribution is 2.26. The fourth-order valence-electron chi connectivity index (χ4n) is 2.28. The predicted octanol–water partition coefficient (Wildman–Crippen LogP) is 3.18. The number of nitrogens with one attached hydrogen (secondary N) is 1. The van der Waals surface area contributed by atoms with Crippen LogP contribution in [0.4, 0.5) is 15.8 Å². The van der Waals surface area contributed by atoms with E-state index in [0.29, 0.717) is 11.4 Å². The quantitative estimate of drug-likeness (QED) is 0.927. The van der Waals surface area contributed by atoms with Crippen LogP contribution in [-0.2, 0) is 9.53 Å². The second-order valence-corrected chi connectivity index (χ2v) is 6.31. The van der Waals surface area contributed by atoms with E-state index in [1.54, 1.807) is 12.1 Å². The van der Waals surface area contributed by atoms with Gasteiger partial charge in [-0.1, -0.05) is 0 Å². The molecule has 1 N–H and O–H groups in total. The molecule has 0 bridgehead atoms. The summed E-state index contributed by atoms with van der Waals surface area (Å²) in [6.45, 7) is 7.38. The third-order valence-electron chi connectivity index (χ3n) is 3.31. The van der Waals surface area contributed by atoms with Gasteiger partial charge in [-0.2, -0.15) is 0 Å². The van der Waals surface area contributed by atoms with Crippen molar-refractivity contribution in [1.29, 1.82) is 0 Å². The summed E-state index contributed by atoms with van der Waals surface area (Å²) in [5.74, 6) is -0.579. The zero-order valence-electron chi connectivity index (χ0n) is 12.9. The van der Waals surface area contributed by atoms with Crippen LogP contribution in [0.3, 0.4) is 0 Å². The first-order valence-corrected chi connectivity index (χ1v) is 7.33. The van der Waals surface area contributed by atoms with Crippen molar-refractivity contribution >= 4 is 17.3 Å². The lowest BCUT2D eigenvalue weighted by Gasteiger charge is -2.20. The van der Waals surface area contributed by atoms with Gasteiger partial charge < -0.3 is 15.0 Å². The predicted molar refractivity (Wildman–Crippen MR) is 82.2 cm³/mol. The zero-order valence-corrected chi connectivity index (χ0v) is 12.9. The van der Waals surface area contributed by atoms with Crippen LogP contribution in [0.15, 0.2) is 18.2 Å². The molecule has 0 radical (unpaired) electrons. The fraction of sp³-hybridized carbons (Fsp3) is 0.562. The van der Waals surface area contributed by atoms with E-state index in [9.17, 15) is 9.18 Å². The third-order valence-corrected chi connectivity index (χ3v) is 3.31. The number of nitrogens with zero attached hydrogens (tertiary/aromatic N) is 1. The van der Waals surface area contributed by atoms with Crippen LogP contribution in [0.1, 0.15) is 33.6 Å². The standard InChI is InChI=1S/C16H23FN2O2/c1-16(2,3)21-11-15(20)18-12-6-7-14(13(17)10-12)19-8-4-5-9-19/h6-7,10H,4-5,8-9,11H2,1-3H3,(H,18,20). The molecule has 1 aromatic rings. The number of amides is 1.